The second kappa shape index (κ2) is 14.9. The third-order valence-electron chi connectivity index (χ3n) is 2.90. The summed E-state index contributed by atoms with van der Waals surface area (Å²) in [6.07, 6.45) is 0. The van der Waals surface area contributed by atoms with Crippen molar-refractivity contribution in [3.05, 3.63) is 67.6 Å². The highest BCUT2D eigenvalue weighted by Crippen LogP contribution is 2.23. The largest absolute Gasteiger partial charge is 0.480 e. The molecule has 0 aliphatic rings. The molecule has 2 aromatic rings. The van der Waals surface area contributed by atoms with Gasteiger partial charge in [-0.15, -0.1) is 0 Å². The summed E-state index contributed by atoms with van der Waals surface area (Å²) >= 11 is 27.7. The van der Waals surface area contributed by atoms with Crippen LogP contribution in [0, 0.1) is 0 Å². The Morgan fingerprint density at radius 2 is 1.19 bits per heavy atom. The molecule has 13 heteroatoms. The number of amides is 1. The first-order valence-electron chi connectivity index (χ1n) is 7.90. The Morgan fingerprint density at radius 1 is 0.774 bits per heavy atom. The van der Waals surface area contributed by atoms with E-state index < -0.39 is 29.6 Å². The van der Waals surface area contributed by atoms with Gasteiger partial charge < -0.3 is 21.3 Å². The summed E-state index contributed by atoms with van der Waals surface area (Å²) in [4.78, 5) is 41.3. The summed E-state index contributed by atoms with van der Waals surface area (Å²) in [7, 11) is 0. The Hall–Kier alpha value is -2.07. The van der Waals surface area contributed by atoms with E-state index in [1.807, 2.05) is 0 Å². The molecule has 0 bridgehead atoms. The summed E-state index contributed by atoms with van der Waals surface area (Å²) in [6.45, 7) is -0.709. The van der Waals surface area contributed by atoms with E-state index in [1.165, 1.54) is 36.4 Å². The van der Waals surface area contributed by atoms with Crippen molar-refractivity contribution in [3.63, 3.8) is 0 Å². The lowest BCUT2D eigenvalue weighted by atomic mass is 10.2. The van der Waals surface area contributed by atoms with Crippen molar-refractivity contribution >= 4 is 81.1 Å². The van der Waals surface area contributed by atoms with Gasteiger partial charge in [0.2, 0.25) is 0 Å². The molecule has 0 radical (unpaired) electrons. The van der Waals surface area contributed by atoms with E-state index in [-0.39, 0.29) is 17.1 Å². The van der Waals surface area contributed by atoms with Crippen LogP contribution in [0.3, 0.4) is 0 Å². The third kappa shape index (κ3) is 12.4. The molecule has 0 heterocycles. The Bertz CT molecular complexity index is 955. The number of carbonyl (C=O) groups excluding carboxylic acids is 2. The molecule has 0 aliphatic carbocycles. The van der Waals surface area contributed by atoms with E-state index in [4.69, 9.17) is 68.2 Å². The standard InChI is InChI=1S/C9H7Cl2NO3.C7H3Cl3O.C2H5NO2/c10-6-2-1-5(3-7(6)11)9(15)12-4-8(13)14;8-5-2-1-4(7(10)11)3-6(5)9;3-1-2(4)5/h1-3H,4H2,(H,12,15)(H,13,14);1-3H;1,3H2,(H,4,5). The molecule has 0 fully saturated rings. The average Bonchev–Trinajstić information content (AvgIpc) is 2.71. The minimum Gasteiger partial charge on any atom is -0.480 e. The molecule has 0 unspecified atom stereocenters. The zero-order chi connectivity index (χ0) is 24.1. The number of rotatable bonds is 5. The van der Waals surface area contributed by atoms with E-state index in [9.17, 15) is 19.2 Å². The maximum Gasteiger partial charge on any atom is 0.322 e. The number of aliphatic carboxylic acids is 2. The summed E-state index contributed by atoms with van der Waals surface area (Å²) in [5.41, 5.74) is 5.19. The molecule has 0 spiro atoms. The third-order valence-corrected chi connectivity index (χ3v) is 4.60. The van der Waals surface area contributed by atoms with Crippen molar-refractivity contribution in [1.82, 2.24) is 5.32 Å². The van der Waals surface area contributed by atoms with Crippen LogP contribution in [0.2, 0.25) is 20.1 Å². The molecule has 2 aromatic carbocycles. The molecule has 1 amide bonds. The number of nitrogens with two attached hydrogens (primary N) is 1. The number of hydrogen-bond donors (Lipinski definition) is 4. The summed E-state index contributed by atoms with van der Waals surface area (Å²) in [5.74, 6) is -2.58. The fraction of sp³-hybridized carbons (Fsp3) is 0.111. The molecular weight excluding hydrogens is 517 g/mol. The number of benzene rings is 2. The minimum absolute atomic E-state index is 0.250. The highest BCUT2D eigenvalue weighted by atomic mass is 35.5. The molecule has 0 atom stereocenters. The van der Waals surface area contributed by atoms with Gasteiger partial charge in [-0.05, 0) is 48.0 Å². The summed E-state index contributed by atoms with van der Waals surface area (Å²) < 4.78 is 0. The fourth-order valence-electron chi connectivity index (χ4n) is 1.51. The van der Waals surface area contributed by atoms with Gasteiger partial charge in [-0.25, -0.2) is 0 Å². The van der Waals surface area contributed by atoms with Crippen LogP contribution in [-0.2, 0) is 9.59 Å². The van der Waals surface area contributed by atoms with Crippen molar-refractivity contribution < 1.29 is 29.4 Å². The molecule has 0 saturated heterocycles. The maximum atomic E-state index is 11.3. The maximum absolute atomic E-state index is 11.3. The Kier molecular flexibility index (Phi) is 13.9. The molecule has 0 saturated carbocycles. The zero-order valence-corrected chi connectivity index (χ0v) is 19.2. The second-order valence-electron chi connectivity index (χ2n) is 5.21. The van der Waals surface area contributed by atoms with Crippen LogP contribution in [0.1, 0.15) is 20.7 Å². The number of carbonyl (C=O) groups is 4. The predicted molar refractivity (Wildman–Crippen MR) is 120 cm³/mol. The topological polar surface area (TPSA) is 147 Å². The van der Waals surface area contributed by atoms with Gasteiger partial charge >= 0.3 is 11.9 Å². The van der Waals surface area contributed by atoms with Crippen LogP contribution < -0.4 is 11.1 Å². The Labute approximate surface area is 201 Å². The van der Waals surface area contributed by atoms with E-state index in [0.29, 0.717) is 20.6 Å². The van der Waals surface area contributed by atoms with Crippen LogP contribution in [-0.4, -0.2) is 46.4 Å². The quantitative estimate of drug-likeness (QED) is 0.422. The van der Waals surface area contributed by atoms with E-state index in [1.54, 1.807) is 0 Å². The van der Waals surface area contributed by atoms with Gasteiger partial charge in [0.05, 0.1) is 26.6 Å². The van der Waals surface area contributed by atoms with Crippen molar-refractivity contribution in [2.45, 2.75) is 0 Å². The number of carboxylic acids is 2. The van der Waals surface area contributed by atoms with Gasteiger partial charge in [-0.3, -0.25) is 19.2 Å². The lowest BCUT2D eigenvalue weighted by Gasteiger charge is -2.03. The van der Waals surface area contributed by atoms with Gasteiger partial charge in [0.15, 0.2) is 0 Å². The average molecular weight is 533 g/mol. The van der Waals surface area contributed by atoms with Gasteiger partial charge in [0.1, 0.15) is 6.54 Å². The van der Waals surface area contributed by atoms with Crippen LogP contribution in [0.25, 0.3) is 0 Å². The Morgan fingerprint density at radius 3 is 1.55 bits per heavy atom. The lowest BCUT2D eigenvalue weighted by molar-refractivity contribution is -0.136. The molecule has 168 valence electrons. The SMILES string of the molecule is NCC(=O)O.O=C(Cl)c1ccc(Cl)c(Cl)c1.O=C(O)CNC(=O)c1ccc(Cl)c(Cl)c1. The van der Waals surface area contributed by atoms with E-state index in [2.05, 4.69) is 11.1 Å². The Balaban J connectivity index is 0.000000492. The number of hydrogen-bond acceptors (Lipinski definition) is 5. The first-order valence-corrected chi connectivity index (χ1v) is 9.79. The molecule has 0 aromatic heterocycles. The molecule has 2 rings (SSSR count). The van der Waals surface area contributed by atoms with Crippen LogP contribution >= 0.6 is 58.0 Å². The fourth-order valence-corrected chi connectivity index (χ4v) is 2.23. The molecule has 5 N–H and O–H groups in total. The van der Waals surface area contributed by atoms with Gasteiger partial charge in [0.25, 0.3) is 11.1 Å². The molecule has 8 nitrogen and oxygen atoms in total. The number of carboxylic acid groups (broad SMARTS) is 2. The van der Waals surface area contributed by atoms with E-state index in [0.717, 1.165) is 0 Å². The van der Waals surface area contributed by atoms with Crippen LogP contribution in [0.5, 0.6) is 0 Å². The highest BCUT2D eigenvalue weighted by molar-refractivity contribution is 6.67. The summed E-state index contributed by atoms with van der Waals surface area (Å²) in [6, 6.07) is 8.79. The van der Waals surface area contributed by atoms with Crippen molar-refractivity contribution in [3.8, 4) is 0 Å². The van der Waals surface area contributed by atoms with Crippen molar-refractivity contribution in [2.24, 2.45) is 5.73 Å². The molecule has 0 aliphatic heterocycles. The monoisotopic (exact) mass is 530 g/mol. The molecular formula is C18H15Cl5N2O6. The minimum atomic E-state index is -1.11. The van der Waals surface area contributed by atoms with Crippen LogP contribution in [0.15, 0.2) is 36.4 Å². The predicted octanol–water partition coefficient (Wildman–Crippen LogP) is 4.21. The van der Waals surface area contributed by atoms with Crippen LogP contribution in [0.4, 0.5) is 0 Å². The number of halogens is 5. The zero-order valence-electron chi connectivity index (χ0n) is 15.4. The number of nitrogens with one attached hydrogen (secondary N) is 1. The lowest BCUT2D eigenvalue weighted by Crippen LogP contribution is -2.29. The van der Waals surface area contributed by atoms with Gasteiger partial charge in [0, 0.05) is 11.1 Å². The molecule has 31 heavy (non-hydrogen) atoms. The second-order valence-corrected chi connectivity index (χ2v) is 7.18. The first-order chi connectivity index (χ1) is 14.4. The van der Waals surface area contributed by atoms with Crippen molar-refractivity contribution in [1.29, 1.82) is 0 Å². The highest BCUT2D eigenvalue weighted by Gasteiger charge is 2.08. The first kappa shape index (κ1) is 28.9. The van der Waals surface area contributed by atoms with Gasteiger partial charge in [-0.1, -0.05) is 46.4 Å². The van der Waals surface area contributed by atoms with E-state index >= 15 is 0 Å². The smallest absolute Gasteiger partial charge is 0.322 e. The van der Waals surface area contributed by atoms with Crippen molar-refractivity contribution in [2.75, 3.05) is 13.1 Å². The van der Waals surface area contributed by atoms with Gasteiger partial charge in [-0.2, -0.15) is 0 Å². The normalized spacial score (nSPS) is 9.35. The summed E-state index contributed by atoms with van der Waals surface area (Å²) in [5, 5.41) is 18.9.